The molecule has 1 saturated heterocycles. The highest BCUT2D eigenvalue weighted by atomic mass is 16.7. The van der Waals surface area contributed by atoms with Crippen LogP contribution in [0.5, 0.6) is 0 Å². The minimum atomic E-state index is -1.83. The molecule has 5 aliphatic carbocycles. The van der Waals surface area contributed by atoms with Crippen molar-refractivity contribution in [3.8, 4) is 0 Å². The highest BCUT2D eigenvalue weighted by Crippen LogP contribution is 2.88. The fourth-order valence-electron chi connectivity index (χ4n) is 11.7. The zero-order chi connectivity index (χ0) is 28.8. The predicted octanol–water partition coefficient (Wildman–Crippen LogP) is 4.10. The van der Waals surface area contributed by atoms with Gasteiger partial charge in [-0.15, -0.1) is 0 Å². The monoisotopic (exact) mass is 546 g/mol. The maximum Gasteiger partial charge on any atom is 0.303 e. The molecular formula is C32H50O7. The van der Waals surface area contributed by atoms with Gasteiger partial charge in [-0.05, 0) is 92.3 Å². The molecule has 1 unspecified atom stereocenters. The molecular weight excluding hydrogens is 496 g/mol. The molecule has 4 saturated carbocycles. The average molecular weight is 547 g/mol. The van der Waals surface area contributed by atoms with E-state index in [4.69, 9.17) is 9.47 Å². The van der Waals surface area contributed by atoms with E-state index < -0.39 is 46.5 Å². The van der Waals surface area contributed by atoms with Crippen LogP contribution < -0.4 is 0 Å². The Kier molecular flexibility index (Phi) is 5.69. The van der Waals surface area contributed by atoms with E-state index in [2.05, 4.69) is 40.7 Å². The van der Waals surface area contributed by atoms with Gasteiger partial charge < -0.3 is 29.9 Å². The van der Waals surface area contributed by atoms with Crippen LogP contribution in [0.15, 0.2) is 11.6 Å². The largest absolute Gasteiger partial charge is 0.457 e. The molecule has 12 atom stereocenters. The molecule has 0 aromatic rings. The third-order valence-electron chi connectivity index (χ3n) is 13.5. The quantitative estimate of drug-likeness (QED) is 0.311. The van der Waals surface area contributed by atoms with E-state index >= 15 is 0 Å². The van der Waals surface area contributed by atoms with Crippen LogP contribution >= 0.6 is 0 Å². The van der Waals surface area contributed by atoms with Crippen LogP contribution in [-0.4, -0.2) is 62.2 Å². The van der Waals surface area contributed by atoms with Crippen LogP contribution in [0.1, 0.15) is 100 Å². The molecule has 1 heterocycles. The molecule has 0 radical (unpaired) electrons. The Morgan fingerprint density at radius 1 is 1.15 bits per heavy atom. The van der Waals surface area contributed by atoms with Crippen LogP contribution in [0.3, 0.4) is 0 Å². The molecule has 0 amide bonds. The van der Waals surface area contributed by atoms with E-state index in [1.165, 1.54) is 12.5 Å². The summed E-state index contributed by atoms with van der Waals surface area (Å²) >= 11 is 0. The van der Waals surface area contributed by atoms with Gasteiger partial charge in [0.2, 0.25) is 0 Å². The first-order chi connectivity index (χ1) is 17.8. The summed E-state index contributed by atoms with van der Waals surface area (Å²) < 4.78 is 12.0. The third-order valence-corrected chi connectivity index (χ3v) is 13.5. The Morgan fingerprint density at radius 2 is 1.82 bits per heavy atom. The second-order valence-corrected chi connectivity index (χ2v) is 16.0. The van der Waals surface area contributed by atoms with Gasteiger partial charge in [0.25, 0.3) is 0 Å². The molecule has 6 aliphatic rings. The van der Waals surface area contributed by atoms with Gasteiger partial charge in [0.1, 0.15) is 12.2 Å². The summed E-state index contributed by atoms with van der Waals surface area (Å²) in [6.45, 7) is 15.4. The number of carbonyl (C=O) groups is 1. The van der Waals surface area contributed by atoms with Crippen LogP contribution in [0.4, 0.5) is 0 Å². The van der Waals surface area contributed by atoms with E-state index in [1.54, 1.807) is 13.8 Å². The maximum atomic E-state index is 12.4. The zero-order valence-electron chi connectivity index (χ0n) is 25.1. The lowest BCUT2D eigenvalue weighted by molar-refractivity contribution is -0.341. The first-order valence-corrected chi connectivity index (χ1v) is 15.2. The predicted molar refractivity (Wildman–Crippen MR) is 145 cm³/mol. The van der Waals surface area contributed by atoms with Crippen LogP contribution in [0.25, 0.3) is 0 Å². The summed E-state index contributed by atoms with van der Waals surface area (Å²) in [6, 6.07) is 0. The van der Waals surface area contributed by atoms with Crippen LogP contribution in [0, 0.1) is 44.8 Å². The summed E-state index contributed by atoms with van der Waals surface area (Å²) in [7, 11) is 0. The Balaban J connectivity index is 1.42. The Morgan fingerprint density at radius 3 is 2.44 bits per heavy atom. The summed E-state index contributed by atoms with van der Waals surface area (Å²) in [5.41, 5.74) is -1.16. The topological polar surface area (TPSA) is 116 Å². The van der Waals surface area contributed by atoms with Gasteiger partial charge in [0.05, 0.1) is 11.7 Å². The summed E-state index contributed by atoms with van der Waals surface area (Å²) in [5.74, 6) is -2.28. The van der Waals surface area contributed by atoms with E-state index in [-0.39, 0.29) is 34.2 Å². The number of rotatable bonds is 3. The van der Waals surface area contributed by atoms with Crippen molar-refractivity contribution in [3.05, 3.63) is 11.6 Å². The first kappa shape index (κ1) is 28.1. The van der Waals surface area contributed by atoms with Crippen molar-refractivity contribution < 1.29 is 34.7 Å². The second-order valence-electron chi connectivity index (χ2n) is 16.0. The third kappa shape index (κ3) is 3.15. The lowest BCUT2D eigenvalue weighted by atomic mass is 9.44. The van der Waals surface area contributed by atoms with Gasteiger partial charge in [-0.25, -0.2) is 0 Å². The van der Waals surface area contributed by atoms with Gasteiger partial charge in [0, 0.05) is 18.3 Å². The lowest BCUT2D eigenvalue weighted by Gasteiger charge is -2.60. The molecule has 5 fully saturated rings. The van der Waals surface area contributed by atoms with E-state index in [0.717, 1.165) is 38.5 Å². The number of hydrogen-bond acceptors (Lipinski definition) is 7. The molecule has 6 rings (SSSR count). The van der Waals surface area contributed by atoms with Crippen molar-refractivity contribution in [1.82, 2.24) is 0 Å². The average Bonchev–Trinajstić information content (AvgIpc) is 3.45. The molecule has 0 aromatic heterocycles. The smallest absolute Gasteiger partial charge is 0.303 e. The number of ether oxygens (including phenoxy) is 2. The number of allylic oxidation sites excluding steroid dienone is 1. The van der Waals surface area contributed by atoms with Gasteiger partial charge in [0.15, 0.2) is 11.9 Å². The number of hydrogen-bond donors (Lipinski definition) is 4. The maximum absolute atomic E-state index is 12.4. The van der Waals surface area contributed by atoms with Crippen molar-refractivity contribution in [2.45, 2.75) is 136 Å². The molecule has 39 heavy (non-hydrogen) atoms. The second kappa shape index (κ2) is 7.89. The van der Waals surface area contributed by atoms with Crippen LogP contribution in [0.2, 0.25) is 0 Å². The molecule has 0 aromatic carbocycles. The number of carbonyl (C=O) groups excluding carboxylic acids is 1. The molecule has 0 bridgehead atoms. The first-order valence-electron chi connectivity index (χ1n) is 15.2. The van der Waals surface area contributed by atoms with Crippen molar-refractivity contribution in [3.63, 3.8) is 0 Å². The molecule has 1 aliphatic heterocycles. The highest BCUT2D eigenvalue weighted by Gasteiger charge is 2.85. The summed E-state index contributed by atoms with van der Waals surface area (Å²) in [4.78, 5) is 12.0. The van der Waals surface area contributed by atoms with Crippen molar-refractivity contribution in [2.24, 2.45) is 44.8 Å². The SMILES string of the molecule is CC(=O)O[C@H]([C@H]1C[C@@H](C)[C@H]2[C@@](O)(O1)[C@H](O)[C@@]1(C)C3=CCC4C(C)(C)[C@@H](O)CC[C@@]45C[C@@]35CC[C@]21C)C(C)(C)O. The number of fused-ring (bicyclic) bond motifs is 4. The van der Waals surface area contributed by atoms with E-state index in [1.807, 2.05) is 0 Å². The minimum absolute atomic E-state index is 0.00241. The normalized spacial score (nSPS) is 54.2. The van der Waals surface area contributed by atoms with E-state index in [0.29, 0.717) is 12.3 Å². The Bertz CT molecular complexity index is 1110. The molecule has 220 valence electrons. The fraction of sp³-hybridized carbons (Fsp3) is 0.906. The molecule has 2 spiro atoms. The standard InChI is InChI=1S/C32H50O7/c1-17-15-19(24(27(5,6)36)38-18(2)33)39-32(37)23(17)28(7)13-14-31-16-30(31)12-11-22(34)26(3,4)20(30)9-10-21(31)29(28,8)25(32)35/h10,17,19-20,22-25,34-37H,9,11-16H2,1-8H3/t17-,19-,20?,22+,23-,24-,25-,28-,29-,30-,31+,32-/m1/s1. The number of esters is 1. The highest BCUT2D eigenvalue weighted by molar-refractivity contribution is 5.66. The molecule has 7 nitrogen and oxygen atoms in total. The van der Waals surface area contributed by atoms with Crippen molar-refractivity contribution >= 4 is 5.97 Å². The van der Waals surface area contributed by atoms with Crippen molar-refractivity contribution in [1.29, 1.82) is 0 Å². The van der Waals surface area contributed by atoms with Gasteiger partial charge in [-0.3, -0.25) is 4.79 Å². The van der Waals surface area contributed by atoms with E-state index in [9.17, 15) is 25.2 Å². The summed E-state index contributed by atoms with van der Waals surface area (Å²) in [5, 5.41) is 46.5. The van der Waals surface area contributed by atoms with Gasteiger partial charge in [-0.1, -0.05) is 46.3 Å². The molecule has 4 N–H and O–H groups in total. The summed E-state index contributed by atoms with van der Waals surface area (Å²) in [6.07, 6.45) is 5.44. The Hall–Kier alpha value is -0.990. The zero-order valence-corrected chi connectivity index (χ0v) is 25.1. The molecule has 7 heteroatoms. The minimum Gasteiger partial charge on any atom is -0.457 e. The fourth-order valence-corrected chi connectivity index (χ4v) is 11.7. The van der Waals surface area contributed by atoms with Crippen LogP contribution in [-0.2, 0) is 14.3 Å². The van der Waals surface area contributed by atoms with Crippen molar-refractivity contribution in [2.75, 3.05) is 0 Å². The lowest BCUT2D eigenvalue weighted by Crippen LogP contribution is -2.61. The van der Waals surface area contributed by atoms with Gasteiger partial charge >= 0.3 is 5.97 Å². The number of aliphatic hydroxyl groups is 4. The number of aliphatic hydroxyl groups excluding tert-OH is 2. The van der Waals surface area contributed by atoms with Gasteiger partial charge in [-0.2, -0.15) is 0 Å². The Labute approximate surface area is 233 Å².